The predicted molar refractivity (Wildman–Crippen MR) is 73.3 cm³/mol. The van der Waals surface area contributed by atoms with Gasteiger partial charge in [0.1, 0.15) is 17.4 Å². The summed E-state index contributed by atoms with van der Waals surface area (Å²) in [5.74, 6) is 0.0844. The van der Waals surface area contributed by atoms with Gasteiger partial charge in [0.25, 0.3) is 5.91 Å². The molecule has 100 valence electrons. The van der Waals surface area contributed by atoms with Crippen LogP contribution in [0.25, 0.3) is 0 Å². The van der Waals surface area contributed by atoms with E-state index in [1.54, 1.807) is 12.1 Å². The molecule has 0 saturated carbocycles. The van der Waals surface area contributed by atoms with Gasteiger partial charge in [-0.2, -0.15) is 5.26 Å². The minimum atomic E-state index is -0.400. The summed E-state index contributed by atoms with van der Waals surface area (Å²) in [6, 6.07) is 8.17. The first kappa shape index (κ1) is 14.6. The number of rotatable bonds is 5. The normalized spacial score (nSPS) is 10.9. The summed E-state index contributed by atoms with van der Waals surface area (Å²) in [5, 5.41) is 23.6. The van der Waals surface area contributed by atoms with Gasteiger partial charge in [0.2, 0.25) is 0 Å². The van der Waals surface area contributed by atoms with E-state index >= 15 is 0 Å². The van der Waals surface area contributed by atoms with E-state index in [-0.39, 0.29) is 11.3 Å². The molecule has 0 aliphatic heterocycles. The molecule has 1 amide bonds. The number of benzene rings is 1. The van der Waals surface area contributed by atoms with Gasteiger partial charge >= 0.3 is 0 Å². The van der Waals surface area contributed by atoms with Crippen molar-refractivity contribution in [2.45, 2.75) is 13.8 Å². The van der Waals surface area contributed by atoms with E-state index in [0.717, 1.165) is 0 Å². The smallest absolute Gasteiger partial charge is 0.263 e. The van der Waals surface area contributed by atoms with Crippen LogP contribution in [-0.2, 0) is 4.79 Å². The quantitative estimate of drug-likeness (QED) is 0.429. The van der Waals surface area contributed by atoms with Gasteiger partial charge in [-0.05, 0) is 30.2 Å². The van der Waals surface area contributed by atoms with Crippen LogP contribution in [0, 0.1) is 17.2 Å². The number of anilines is 1. The first-order chi connectivity index (χ1) is 9.02. The van der Waals surface area contributed by atoms with Crippen LogP contribution in [0.2, 0.25) is 0 Å². The number of aromatic hydroxyl groups is 1. The molecule has 0 unspecified atom stereocenters. The monoisotopic (exact) mass is 259 g/mol. The minimum absolute atomic E-state index is 0.00808. The zero-order valence-electron chi connectivity index (χ0n) is 11.0. The first-order valence-electron chi connectivity index (χ1n) is 5.97. The Balaban J connectivity index is 2.64. The van der Waals surface area contributed by atoms with E-state index in [1.807, 2.05) is 19.9 Å². The minimum Gasteiger partial charge on any atom is -0.508 e. The number of carbonyl (C=O) groups is 1. The Morgan fingerprint density at radius 3 is 2.58 bits per heavy atom. The Hall–Kier alpha value is -2.48. The average molecular weight is 259 g/mol. The molecular formula is C14H17N3O2. The van der Waals surface area contributed by atoms with Crippen molar-refractivity contribution < 1.29 is 9.90 Å². The molecule has 19 heavy (non-hydrogen) atoms. The third kappa shape index (κ3) is 5.13. The summed E-state index contributed by atoms with van der Waals surface area (Å²) in [4.78, 5) is 11.7. The second-order valence-corrected chi connectivity index (χ2v) is 4.46. The standard InChI is InChI=1S/C14H17N3O2/c1-10(2)8-17-14(19)11(7-15)9-16-12-3-5-13(18)6-4-12/h3-6,9-10,16,18H,8H2,1-2H3,(H,17,19)/b11-9-. The molecule has 0 aromatic heterocycles. The van der Waals surface area contributed by atoms with Gasteiger partial charge in [-0.1, -0.05) is 13.8 Å². The molecule has 5 nitrogen and oxygen atoms in total. The van der Waals surface area contributed by atoms with Crippen molar-refractivity contribution >= 4 is 11.6 Å². The SMILES string of the molecule is CC(C)CNC(=O)/C(C#N)=C\Nc1ccc(O)cc1. The Morgan fingerprint density at radius 1 is 1.42 bits per heavy atom. The zero-order chi connectivity index (χ0) is 14.3. The van der Waals surface area contributed by atoms with E-state index in [4.69, 9.17) is 10.4 Å². The molecule has 0 aliphatic rings. The lowest BCUT2D eigenvalue weighted by Crippen LogP contribution is -2.28. The van der Waals surface area contributed by atoms with Crippen molar-refractivity contribution in [3.8, 4) is 11.8 Å². The molecule has 0 saturated heterocycles. The van der Waals surface area contributed by atoms with Crippen LogP contribution in [-0.4, -0.2) is 17.6 Å². The van der Waals surface area contributed by atoms with Gasteiger partial charge in [-0.3, -0.25) is 4.79 Å². The van der Waals surface area contributed by atoms with Gasteiger partial charge < -0.3 is 15.7 Å². The zero-order valence-corrected chi connectivity index (χ0v) is 11.0. The van der Waals surface area contributed by atoms with Gasteiger partial charge in [0.15, 0.2) is 0 Å². The third-order valence-corrected chi connectivity index (χ3v) is 2.29. The van der Waals surface area contributed by atoms with Crippen LogP contribution < -0.4 is 10.6 Å². The average Bonchev–Trinajstić information content (AvgIpc) is 2.39. The highest BCUT2D eigenvalue weighted by Gasteiger charge is 2.08. The fraction of sp³-hybridized carbons (Fsp3) is 0.286. The first-order valence-corrected chi connectivity index (χ1v) is 5.97. The van der Waals surface area contributed by atoms with Crippen molar-refractivity contribution in [1.29, 1.82) is 5.26 Å². The Bertz CT molecular complexity index is 498. The van der Waals surface area contributed by atoms with Gasteiger partial charge in [-0.25, -0.2) is 0 Å². The molecule has 0 atom stereocenters. The lowest BCUT2D eigenvalue weighted by molar-refractivity contribution is -0.117. The van der Waals surface area contributed by atoms with Crippen molar-refractivity contribution in [3.05, 3.63) is 36.0 Å². The maximum Gasteiger partial charge on any atom is 0.263 e. The summed E-state index contributed by atoms with van der Waals surface area (Å²) in [7, 11) is 0. The van der Waals surface area contributed by atoms with Gasteiger partial charge in [-0.15, -0.1) is 0 Å². The molecule has 1 aromatic rings. The third-order valence-electron chi connectivity index (χ3n) is 2.29. The number of phenols is 1. The molecule has 0 heterocycles. The predicted octanol–water partition coefficient (Wildman–Crippen LogP) is 1.98. The molecule has 3 N–H and O–H groups in total. The van der Waals surface area contributed by atoms with Crippen molar-refractivity contribution in [1.82, 2.24) is 5.32 Å². The number of phenolic OH excluding ortho intramolecular Hbond substituents is 1. The largest absolute Gasteiger partial charge is 0.508 e. The second-order valence-electron chi connectivity index (χ2n) is 4.46. The number of hydrogen-bond acceptors (Lipinski definition) is 4. The number of nitrogens with one attached hydrogen (secondary N) is 2. The molecule has 0 radical (unpaired) electrons. The molecular weight excluding hydrogens is 242 g/mol. The van der Waals surface area contributed by atoms with Crippen LogP contribution in [0.5, 0.6) is 5.75 Å². The van der Waals surface area contributed by atoms with E-state index in [0.29, 0.717) is 18.2 Å². The highest BCUT2D eigenvalue weighted by atomic mass is 16.3. The fourth-order valence-electron chi connectivity index (χ4n) is 1.25. The number of hydrogen-bond donors (Lipinski definition) is 3. The number of nitriles is 1. The summed E-state index contributed by atoms with van der Waals surface area (Å²) in [5.41, 5.74) is 0.691. The fourth-order valence-corrected chi connectivity index (χ4v) is 1.25. The molecule has 0 spiro atoms. The highest BCUT2D eigenvalue weighted by Crippen LogP contribution is 2.13. The topological polar surface area (TPSA) is 85.2 Å². The number of amides is 1. The molecule has 1 rings (SSSR count). The van der Waals surface area contributed by atoms with E-state index in [2.05, 4.69) is 10.6 Å². The lowest BCUT2D eigenvalue weighted by atomic mass is 10.2. The second kappa shape index (κ2) is 7.07. The van der Waals surface area contributed by atoms with E-state index in [9.17, 15) is 4.79 Å². The summed E-state index contributed by atoms with van der Waals surface area (Å²) in [6.07, 6.45) is 1.35. The van der Waals surface area contributed by atoms with Gasteiger partial charge in [0.05, 0.1) is 0 Å². The van der Waals surface area contributed by atoms with Crippen LogP contribution in [0.1, 0.15) is 13.8 Å². The van der Waals surface area contributed by atoms with Crippen LogP contribution in [0.4, 0.5) is 5.69 Å². The highest BCUT2D eigenvalue weighted by molar-refractivity contribution is 5.97. The van der Waals surface area contributed by atoms with Crippen LogP contribution in [0.3, 0.4) is 0 Å². The van der Waals surface area contributed by atoms with E-state index < -0.39 is 5.91 Å². The molecule has 1 aromatic carbocycles. The Kier molecular flexibility index (Phi) is 5.42. The number of carbonyl (C=O) groups excluding carboxylic acids is 1. The number of nitrogens with zero attached hydrogens (tertiary/aromatic N) is 1. The van der Waals surface area contributed by atoms with Crippen LogP contribution in [0.15, 0.2) is 36.0 Å². The van der Waals surface area contributed by atoms with Crippen LogP contribution >= 0.6 is 0 Å². The summed E-state index contributed by atoms with van der Waals surface area (Å²) >= 11 is 0. The molecule has 0 fully saturated rings. The lowest BCUT2D eigenvalue weighted by Gasteiger charge is -2.07. The van der Waals surface area contributed by atoms with Crippen molar-refractivity contribution in [2.24, 2.45) is 5.92 Å². The maximum atomic E-state index is 11.7. The van der Waals surface area contributed by atoms with Gasteiger partial charge in [0, 0.05) is 18.4 Å². The van der Waals surface area contributed by atoms with E-state index in [1.165, 1.54) is 18.3 Å². The Morgan fingerprint density at radius 2 is 2.05 bits per heavy atom. The Labute approximate surface area is 112 Å². The van der Waals surface area contributed by atoms with Crippen molar-refractivity contribution in [3.63, 3.8) is 0 Å². The summed E-state index contributed by atoms with van der Waals surface area (Å²) in [6.45, 7) is 4.48. The van der Waals surface area contributed by atoms with Crippen molar-refractivity contribution in [2.75, 3.05) is 11.9 Å². The summed E-state index contributed by atoms with van der Waals surface area (Å²) < 4.78 is 0. The maximum absolute atomic E-state index is 11.7. The molecule has 5 heteroatoms. The molecule has 0 aliphatic carbocycles. The molecule has 0 bridgehead atoms.